The number of nitrogens with zero attached hydrogens (tertiary/aromatic N) is 1. The second kappa shape index (κ2) is 15.8. The average molecular weight is 660 g/mol. The van der Waals surface area contributed by atoms with Crippen LogP contribution in [0, 0.1) is 0 Å². The molecule has 0 saturated heterocycles. The predicted octanol–water partition coefficient (Wildman–Crippen LogP) is 7.48. The van der Waals surface area contributed by atoms with Crippen LogP contribution < -0.4 is 14.8 Å². The van der Waals surface area contributed by atoms with Crippen molar-refractivity contribution >= 4 is 41.1 Å². The molecule has 1 amide bonds. The summed E-state index contributed by atoms with van der Waals surface area (Å²) in [6.45, 7) is 0.847. The summed E-state index contributed by atoms with van der Waals surface area (Å²) >= 11 is 13.0. The Morgan fingerprint density at radius 3 is 2.43 bits per heavy atom. The SMILES string of the molecule is COc1ccc(CCNC(=O)[C@]2(C/C=C/c3ccccc3)N=C(c3ccc(OCCCO)cc3)O[C@@H]2c2ccc(Cl)cc2Cl)cc1. The molecule has 1 aliphatic rings. The summed E-state index contributed by atoms with van der Waals surface area (Å²) in [6, 6.07) is 30.1. The lowest BCUT2D eigenvalue weighted by Crippen LogP contribution is -2.48. The zero-order valence-corrected chi connectivity index (χ0v) is 27.0. The highest BCUT2D eigenvalue weighted by Crippen LogP contribution is 2.45. The number of aliphatic hydroxyl groups is 1. The smallest absolute Gasteiger partial charge is 0.252 e. The first-order chi connectivity index (χ1) is 22.4. The first-order valence-electron chi connectivity index (χ1n) is 15.1. The van der Waals surface area contributed by atoms with Crippen LogP contribution in [0.4, 0.5) is 0 Å². The van der Waals surface area contributed by atoms with Crippen molar-refractivity contribution in [3.05, 3.63) is 135 Å². The van der Waals surface area contributed by atoms with Crippen LogP contribution >= 0.6 is 23.2 Å². The molecule has 0 spiro atoms. The largest absolute Gasteiger partial charge is 0.497 e. The molecule has 4 aromatic carbocycles. The molecule has 0 radical (unpaired) electrons. The Bertz CT molecular complexity index is 1660. The molecule has 0 aromatic heterocycles. The van der Waals surface area contributed by atoms with Gasteiger partial charge in [0.15, 0.2) is 11.6 Å². The van der Waals surface area contributed by atoms with Crippen LogP contribution in [0.2, 0.25) is 10.0 Å². The molecule has 5 rings (SSSR count). The van der Waals surface area contributed by atoms with E-state index in [-0.39, 0.29) is 18.9 Å². The maximum Gasteiger partial charge on any atom is 0.252 e. The molecule has 0 fully saturated rings. The van der Waals surface area contributed by atoms with Gasteiger partial charge in [0.05, 0.1) is 13.7 Å². The normalized spacial score (nSPS) is 17.4. The first kappa shape index (κ1) is 33.1. The van der Waals surface area contributed by atoms with Gasteiger partial charge in [-0.3, -0.25) is 4.79 Å². The summed E-state index contributed by atoms with van der Waals surface area (Å²) in [4.78, 5) is 19.4. The van der Waals surface area contributed by atoms with E-state index in [1.54, 1.807) is 25.3 Å². The van der Waals surface area contributed by atoms with Crippen LogP contribution in [0.3, 0.4) is 0 Å². The van der Waals surface area contributed by atoms with Gasteiger partial charge in [-0.2, -0.15) is 0 Å². The van der Waals surface area contributed by atoms with E-state index in [0.717, 1.165) is 16.9 Å². The minimum atomic E-state index is -1.38. The minimum absolute atomic E-state index is 0.0559. The third-order valence-corrected chi connectivity index (χ3v) is 8.23. The lowest BCUT2D eigenvalue weighted by molar-refractivity contribution is -0.128. The van der Waals surface area contributed by atoms with Crippen LogP contribution in [-0.4, -0.2) is 49.3 Å². The molecule has 0 saturated carbocycles. The second-order valence-corrected chi connectivity index (χ2v) is 11.7. The average Bonchev–Trinajstić information content (AvgIpc) is 3.46. The Kier molecular flexibility index (Phi) is 11.4. The van der Waals surface area contributed by atoms with Crippen LogP contribution in [0.1, 0.15) is 41.2 Å². The monoisotopic (exact) mass is 658 g/mol. The predicted molar refractivity (Wildman–Crippen MR) is 183 cm³/mol. The van der Waals surface area contributed by atoms with Crippen LogP contribution in [0.25, 0.3) is 6.08 Å². The third kappa shape index (κ3) is 8.10. The lowest BCUT2D eigenvalue weighted by atomic mass is 9.84. The molecule has 2 N–H and O–H groups in total. The van der Waals surface area contributed by atoms with Gasteiger partial charge < -0.3 is 24.6 Å². The van der Waals surface area contributed by atoms with Gasteiger partial charge in [0.2, 0.25) is 5.90 Å². The van der Waals surface area contributed by atoms with Crippen molar-refractivity contribution in [3.63, 3.8) is 0 Å². The molecule has 4 aromatic rings. The number of carbonyl (C=O) groups is 1. The number of aliphatic imine (C=N–C) groups is 1. The van der Waals surface area contributed by atoms with Gasteiger partial charge in [-0.1, -0.05) is 83.9 Å². The Hall–Kier alpha value is -4.30. The van der Waals surface area contributed by atoms with Crippen molar-refractivity contribution in [1.29, 1.82) is 0 Å². The Balaban J connectivity index is 1.49. The first-order valence-corrected chi connectivity index (χ1v) is 15.9. The summed E-state index contributed by atoms with van der Waals surface area (Å²) in [5.74, 6) is 1.46. The van der Waals surface area contributed by atoms with E-state index in [1.807, 2.05) is 91.0 Å². The van der Waals surface area contributed by atoms with Gasteiger partial charge in [0.25, 0.3) is 5.91 Å². The van der Waals surface area contributed by atoms with Crippen LogP contribution in [0.5, 0.6) is 11.5 Å². The fraction of sp³-hybridized carbons (Fsp3) is 0.243. The van der Waals surface area contributed by atoms with Crippen molar-refractivity contribution in [3.8, 4) is 11.5 Å². The quantitative estimate of drug-likeness (QED) is 0.137. The molecular weight excluding hydrogens is 623 g/mol. The highest BCUT2D eigenvalue weighted by atomic mass is 35.5. The molecule has 7 nitrogen and oxygen atoms in total. The zero-order chi connectivity index (χ0) is 32.4. The zero-order valence-electron chi connectivity index (χ0n) is 25.5. The maximum atomic E-state index is 14.4. The number of methoxy groups -OCH3 is 1. The Morgan fingerprint density at radius 1 is 1.00 bits per heavy atom. The topological polar surface area (TPSA) is 89.4 Å². The number of carbonyl (C=O) groups excluding carboxylic acids is 1. The number of ether oxygens (including phenoxy) is 3. The van der Waals surface area contributed by atoms with E-state index in [4.69, 9.17) is 47.5 Å². The molecule has 9 heteroatoms. The number of hydrogen-bond donors (Lipinski definition) is 2. The van der Waals surface area contributed by atoms with E-state index >= 15 is 0 Å². The minimum Gasteiger partial charge on any atom is -0.497 e. The molecule has 46 heavy (non-hydrogen) atoms. The van der Waals surface area contributed by atoms with E-state index in [2.05, 4.69) is 5.32 Å². The summed E-state index contributed by atoms with van der Waals surface area (Å²) in [5.41, 5.74) is 1.97. The standard InChI is InChI=1S/C37H36Cl2N2O5/c1-44-30-15-10-27(11-16-30)20-22-40-36(43)37(21-5-9-26-7-3-2-4-8-26)34(32-19-14-29(38)25-33(32)39)46-35(41-37)28-12-17-31(18-13-28)45-24-6-23-42/h2-5,7-19,25,34,42H,6,20-24H2,1H3,(H,40,43)/b9-5+/t34-,37-/m1/s1. The molecule has 0 unspecified atom stereocenters. The second-order valence-electron chi connectivity index (χ2n) is 10.8. The highest BCUT2D eigenvalue weighted by molar-refractivity contribution is 6.35. The summed E-state index contributed by atoms with van der Waals surface area (Å²) < 4.78 is 17.5. The lowest BCUT2D eigenvalue weighted by Gasteiger charge is -2.30. The number of benzene rings is 4. The number of nitrogens with one attached hydrogen (secondary N) is 1. The summed E-state index contributed by atoms with van der Waals surface area (Å²) in [6.07, 6.45) is 4.48. The summed E-state index contributed by atoms with van der Waals surface area (Å²) in [5, 5.41) is 13.1. The fourth-order valence-electron chi connectivity index (χ4n) is 5.21. The van der Waals surface area contributed by atoms with Crippen molar-refractivity contribution in [1.82, 2.24) is 5.32 Å². The van der Waals surface area contributed by atoms with Crippen molar-refractivity contribution in [2.75, 3.05) is 26.9 Å². The van der Waals surface area contributed by atoms with Gasteiger partial charge >= 0.3 is 0 Å². The van der Waals surface area contributed by atoms with Gasteiger partial charge in [-0.15, -0.1) is 0 Å². The van der Waals surface area contributed by atoms with E-state index in [0.29, 0.717) is 58.8 Å². The highest BCUT2D eigenvalue weighted by Gasteiger charge is 2.53. The number of halogens is 2. The van der Waals surface area contributed by atoms with Gasteiger partial charge in [-0.05, 0) is 66.1 Å². The molecule has 0 aliphatic carbocycles. The third-order valence-electron chi connectivity index (χ3n) is 7.67. The molecule has 2 atom stereocenters. The number of aliphatic hydroxyl groups excluding tert-OH is 1. The van der Waals surface area contributed by atoms with Crippen LogP contribution in [-0.2, 0) is 16.0 Å². The molecule has 1 heterocycles. The number of rotatable bonds is 14. The number of amides is 1. The van der Waals surface area contributed by atoms with Crippen molar-refractivity contribution in [2.24, 2.45) is 4.99 Å². The Labute approximate surface area is 279 Å². The Morgan fingerprint density at radius 2 is 1.74 bits per heavy atom. The molecule has 0 bridgehead atoms. The van der Waals surface area contributed by atoms with E-state index < -0.39 is 11.6 Å². The van der Waals surface area contributed by atoms with Gasteiger partial charge in [0.1, 0.15) is 11.5 Å². The maximum absolute atomic E-state index is 14.4. The summed E-state index contributed by atoms with van der Waals surface area (Å²) in [7, 11) is 1.63. The number of hydrogen-bond acceptors (Lipinski definition) is 6. The molecular formula is C37H36Cl2N2O5. The molecule has 238 valence electrons. The van der Waals surface area contributed by atoms with Crippen molar-refractivity contribution < 1.29 is 24.1 Å². The van der Waals surface area contributed by atoms with E-state index in [9.17, 15) is 4.79 Å². The fourth-order valence-corrected chi connectivity index (χ4v) is 5.72. The van der Waals surface area contributed by atoms with Gasteiger partial charge in [0, 0.05) is 47.2 Å². The van der Waals surface area contributed by atoms with E-state index in [1.165, 1.54) is 0 Å². The van der Waals surface area contributed by atoms with Crippen molar-refractivity contribution in [2.45, 2.75) is 30.9 Å². The van der Waals surface area contributed by atoms with Gasteiger partial charge in [-0.25, -0.2) is 4.99 Å². The molecule has 1 aliphatic heterocycles. The van der Waals surface area contributed by atoms with Crippen LogP contribution in [0.15, 0.2) is 108 Å².